The van der Waals surface area contributed by atoms with E-state index in [9.17, 15) is 14.4 Å². The molecule has 0 unspecified atom stereocenters. The first-order valence-corrected chi connectivity index (χ1v) is 8.66. The van der Waals surface area contributed by atoms with E-state index in [4.69, 9.17) is 10.5 Å². The van der Waals surface area contributed by atoms with Crippen LogP contribution in [0, 0.1) is 5.92 Å². The molecule has 0 aliphatic heterocycles. The van der Waals surface area contributed by atoms with Crippen molar-refractivity contribution in [2.45, 2.75) is 24.2 Å². The van der Waals surface area contributed by atoms with Gasteiger partial charge in [-0.3, -0.25) is 14.4 Å². The zero-order valence-electron chi connectivity index (χ0n) is 13.2. The Kier molecular flexibility index (Phi) is 6.87. The smallest absolute Gasteiger partial charge is 0.309 e. The average molecular weight is 348 g/mol. The Labute approximate surface area is 144 Å². The third-order valence-corrected chi connectivity index (χ3v) is 4.57. The molecule has 3 N–H and O–H groups in total. The summed E-state index contributed by atoms with van der Waals surface area (Å²) < 4.78 is 5.09. The highest BCUT2D eigenvalue weighted by molar-refractivity contribution is 8.00. The number of hydrogen-bond donors (Lipinski definition) is 2. The molecule has 1 aromatic rings. The molecule has 2 amide bonds. The van der Waals surface area contributed by atoms with Crippen molar-refractivity contribution in [2.75, 3.05) is 17.7 Å². The van der Waals surface area contributed by atoms with Crippen LogP contribution in [0.1, 0.15) is 19.3 Å². The third-order valence-electron chi connectivity index (χ3n) is 3.48. The van der Waals surface area contributed by atoms with Crippen LogP contribution in [0.5, 0.6) is 0 Å². The van der Waals surface area contributed by atoms with Crippen LogP contribution in [-0.2, 0) is 19.1 Å². The number of allylic oxidation sites excluding steroid dienone is 2. The summed E-state index contributed by atoms with van der Waals surface area (Å²) in [6, 6.07) is 7.07. The summed E-state index contributed by atoms with van der Waals surface area (Å²) in [5.41, 5.74) is 5.69. The minimum Gasteiger partial charge on any atom is -0.455 e. The summed E-state index contributed by atoms with van der Waals surface area (Å²) in [7, 11) is 0. The van der Waals surface area contributed by atoms with Crippen molar-refractivity contribution in [2.24, 2.45) is 11.7 Å². The number of nitrogens with two attached hydrogens (primary N) is 1. The van der Waals surface area contributed by atoms with Crippen molar-refractivity contribution < 1.29 is 19.1 Å². The van der Waals surface area contributed by atoms with Gasteiger partial charge in [-0.1, -0.05) is 24.3 Å². The van der Waals surface area contributed by atoms with Gasteiger partial charge >= 0.3 is 5.97 Å². The number of carbonyl (C=O) groups excluding carboxylic acids is 3. The van der Waals surface area contributed by atoms with E-state index in [1.165, 1.54) is 11.8 Å². The molecule has 1 aromatic carbocycles. The van der Waals surface area contributed by atoms with Gasteiger partial charge < -0.3 is 15.8 Å². The quantitative estimate of drug-likeness (QED) is 0.447. The molecule has 0 radical (unpaired) electrons. The first-order chi connectivity index (χ1) is 11.6. The number of anilines is 1. The van der Waals surface area contributed by atoms with Gasteiger partial charge in [0.05, 0.1) is 17.4 Å². The summed E-state index contributed by atoms with van der Waals surface area (Å²) in [5.74, 6) is -1.23. The van der Waals surface area contributed by atoms with Crippen LogP contribution in [0.25, 0.3) is 0 Å². The van der Waals surface area contributed by atoms with Crippen LogP contribution >= 0.6 is 11.8 Å². The minimum atomic E-state index is -0.434. The third kappa shape index (κ3) is 5.73. The Balaban J connectivity index is 1.84. The lowest BCUT2D eigenvalue weighted by atomic mass is 9.95. The number of nitrogens with one attached hydrogen (secondary N) is 1. The average Bonchev–Trinajstić information content (AvgIpc) is 2.59. The van der Waals surface area contributed by atoms with Crippen molar-refractivity contribution >= 4 is 35.2 Å². The molecule has 2 rings (SSSR count). The van der Waals surface area contributed by atoms with E-state index in [1.54, 1.807) is 24.3 Å². The second-order valence-electron chi connectivity index (χ2n) is 5.39. The van der Waals surface area contributed by atoms with Crippen LogP contribution in [-0.4, -0.2) is 30.1 Å². The summed E-state index contributed by atoms with van der Waals surface area (Å²) >= 11 is 1.24. The molecule has 0 aromatic heterocycles. The summed E-state index contributed by atoms with van der Waals surface area (Å²) in [6.07, 6.45) is 6.27. The Morgan fingerprint density at radius 1 is 1.25 bits per heavy atom. The van der Waals surface area contributed by atoms with Crippen LogP contribution in [0.3, 0.4) is 0 Å². The highest BCUT2D eigenvalue weighted by atomic mass is 32.2. The number of carbonyl (C=O) groups is 3. The fourth-order valence-corrected chi connectivity index (χ4v) is 3.04. The van der Waals surface area contributed by atoms with Crippen LogP contribution in [0.2, 0.25) is 0 Å². The number of primary amides is 1. The molecule has 0 bridgehead atoms. The number of hydrogen-bond acceptors (Lipinski definition) is 5. The van der Waals surface area contributed by atoms with E-state index in [1.807, 2.05) is 12.2 Å². The van der Waals surface area contributed by atoms with Crippen molar-refractivity contribution in [3.8, 4) is 0 Å². The van der Waals surface area contributed by atoms with Gasteiger partial charge in [0.1, 0.15) is 0 Å². The molecule has 0 spiro atoms. The number of benzene rings is 1. The predicted octanol–water partition coefficient (Wildman–Crippen LogP) is 2.10. The van der Waals surface area contributed by atoms with Crippen LogP contribution in [0.15, 0.2) is 41.3 Å². The molecule has 7 heteroatoms. The van der Waals surface area contributed by atoms with E-state index in [2.05, 4.69) is 5.32 Å². The summed E-state index contributed by atoms with van der Waals surface area (Å²) in [4.78, 5) is 35.5. The van der Waals surface area contributed by atoms with Gasteiger partial charge in [-0.2, -0.15) is 0 Å². The monoisotopic (exact) mass is 348 g/mol. The second kappa shape index (κ2) is 9.12. The minimum absolute atomic E-state index is 0.122. The highest BCUT2D eigenvalue weighted by Gasteiger charge is 2.21. The van der Waals surface area contributed by atoms with E-state index in [-0.39, 0.29) is 24.2 Å². The van der Waals surface area contributed by atoms with Gasteiger partial charge in [-0.15, -0.1) is 11.8 Å². The number of rotatable bonds is 7. The lowest BCUT2D eigenvalue weighted by Gasteiger charge is -2.16. The summed E-state index contributed by atoms with van der Waals surface area (Å²) in [6.45, 7) is -0.326. The maximum absolute atomic E-state index is 12.0. The summed E-state index contributed by atoms with van der Waals surface area (Å²) in [5, 5.41) is 2.69. The molecule has 1 aliphatic rings. The van der Waals surface area contributed by atoms with E-state index in [0.717, 1.165) is 17.7 Å². The highest BCUT2D eigenvalue weighted by Crippen LogP contribution is 2.26. The van der Waals surface area contributed by atoms with E-state index < -0.39 is 11.8 Å². The molecule has 0 heterocycles. The molecule has 6 nitrogen and oxygen atoms in total. The molecule has 0 saturated heterocycles. The van der Waals surface area contributed by atoms with Crippen molar-refractivity contribution in [1.82, 2.24) is 0 Å². The van der Waals surface area contributed by atoms with Gasteiger partial charge in [0.15, 0.2) is 6.61 Å². The fourth-order valence-electron chi connectivity index (χ4n) is 2.29. The number of para-hydroxylation sites is 1. The number of ether oxygens (including phenoxy) is 1. The number of thioether (sulfide) groups is 1. The van der Waals surface area contributed by atoms with E-state index in [0.29, 0.717) is 12.1 Å². The molecule has 1 aliphatic carbocycles. The fraction of sp³-hybridized carbons (Fsp3) is 0.353. The van der Waals surface area contributed by atoms with Crippen LogP contribution in [0.4, 0.5) is 5.69 Å². The van der Waals surface area contributed by atoms with Crippen molar-refractivity contribution in [1.29, 1.82) is 0 Å². The van der Waals surface area contributed by atoms with Gasteiger partial charge in [-0.05, 0) is 31.4 Å². The van der Waals surface area contributed by atoms with Gasteiger partial charge in [-0.25, -0.2) is 0 Å². The van der Waals surface area contributed by atoms with Crippen molar-refractivity contribution in [3.63, 3.8) is 0 Å². The van der Waals surface area contributed by atoms with E-state index >= 15 is 0 Å². The number of esters is 1. The molecule has 24 heavy (non-hydrogen) atoms. The number of amides is 2. The normalized spacial score (nSPS) is 16.4. The van der Waals surface area contributed by atoms with Crippen LogP contribution < -0.4 is 11.1 Å². The maximum atomic E-state index is 12.0. The van der Waals surface area contributed by atoms with Crippen molar-refractivity contribution in [3.05, 3.63) is 36.4 Å². The predicted molar refractivity (Wildman–Crippen MR) is 92.4 cm³/mol. The Morgan fingerprint density at radius 2 is 2.04 bits per heavy atom. The zero-order valence-corrected chi connectivity index (χ0v) is 14.0. The molecule has 1 atom stereocenters. The Morgan fingerprint density at radius 3 is 2.75 bits per heavy atom. The first-order valence-electron chi connectivity index (χ1n) is 7.68. The molecule has 128 valence electrons. The first kappa shape index (κ1) is 18.1. The lowest BCUT2D eigenvalue weighted by molar-refractivity contribution is -0.151. The standard InChI is InChI=1S/C17H20N2O4S/c18-15(20)11-24-14-9-5-4-8-13(14)19-16(21)10-23-17(22)12-6-2-1-3-7-12/h1-2,4-5,8-9,12H,3,6-7,10-11H2,(H2,18,20)(H,19,21)/t12-/m0/s1. The largest absolute Gasteiger partial charge is 0.455 e. The zero-order chi connectivity index (χ0) is 17.4. The SMILES string of the molecule is NC(=O)CSc1ccccc1NC(=O)COC(=O)[C@H]1CC=CCC1. The van der Waals surface area contributed by atoms with Gasteiger partial charge in [0.25, 0.3) is 5.91 Å². The Hall–Kier alpha value is -2.28. The topological polar surface area (TPSA) is 98.5 Å². The lowest BCUT2D eigenvalue weighted by Crippen LogP contribution is -2.25. The molecular formula is C17H20N2O4S. The Bertz CT molecular complexity index is 645. The molecular weight excluding hydrogens is 328 g/mol. The molecule has 0 saturated carbocycles. The molecule has 0 fully saturated rings. The van der Waals surface area contributed by atoms with Gasteiger partial charge in [0, 0.05) is 4.90 Å². The van der Waals surface area contributed by atoms with Gasteiger partial charge in [0.2, 0.25) is 5.91 Å². The second-order valence-corrected chi connectivity index (χ2v) is 6.41. The maximum Gasteiger partial charge on any atom is 0.309 e.